The van der Waals surface area contributed by atoms with E-state index in [9.17, 15) is 0 Å². The van der Waals surface area contributed by atoms with E-state index >= 15 is 0 Å². The standard InChI is InChI=1S/C13H22N2S/c1-10-4-7-16-12(10)11(8-14)15-6-5-13(2,3)9-15/h4,7,11H,5-6,8-9,14H2,1-3H3. The minimum atomic E-state index is 0.432. The molecule has 1 saturated heterocycles. The van der Waals surface area contributed by atoms with Crippen LogP contribution in [0.5, 0.6) is 0 Å². The van der Waals surface area contributed by atoms with E-state index < -0.39 is 0 Å². The fraction of sp³-hybridized carbons (Fsp3) is 0.692. The van der Waals surface area contributed by atoms with Gasteiger partial charge in [-0.05, 0) is 42.3 Å². The highest BCUT2D eigenvalue weighted by Crippen LogP contribution is 2.36. The third-order valence-electron chi connectivity index (χ3n) is 3.58. The summed E-state index contributed by atoms with van der Waals surface area (Å²) >= 11 is 1.85. The van der Waals surface area contributed by atoms with Crippen molar-refractivity contribution >= 4 is 11.3 Å². The van der Waals surface area contributed by atoms with Crippen molar-refractivity contribution in [3.05, 3.63) is 21.9 Å². The Morgan fingerprint density at radius 1 is 1.56 bits per heavy atom. The number of likely N-dealkylation sites (tertiary alicyclic amines) is 1. The van der Waals surface area contributed by atoms with Crippen LogP contribution in [-0.4, -0.2) is 24.5 Å². The summed E-state index contributed by atoms with van der Waals surface area (Å²) in [4.78, 5) is 4.01. The summed E-state index contributed by atoms with van der Waals surface area (Å²) in [5.74, 6) is 0. The average Bonchev–Trinajstić information content (AvgIpc) is 2.76. The van der Waals surface area contributed by atoms with Crippen molar-refractivity contribution in [2.24, 2.45) is 11.1 Å². The van der Waals surface area contributed by atoms with E-state index in [2.05, 4.69) is 37.1 Å². The number of rotatable bonds is 3. The number of nitrogens with two attached hydrogens (primary N) is 1. The summed E-state index contributed by atoms with van der Waals surface area (Å²) in [7, 11) is 0. The van der Waals surface area contributed by atoms with Crippen LogP contribution in [-0.2, 0) is 0 Å². The first-order valence-corrected chi connectivity index (χ1v) is 6.89. The molecule has 16 heavy (non-hydrogen) atoms. The lowest BCUT2D eigenvalue weighted by molar-refractivity contribution is 0.225. The monoisotopic (exact) mass is 238 g/mol. The number of aryl methyl sites for hydroxylation is 1. The van der Waals surface area contributed by atoms with Crippen molar-refractivity contribution < 1.29 is 0 Å². The molecule has 1 aliphatic heterocycles. The molecule has 0 spiro atoms. The van der Waals surface area contributed by atoms with Crippen LogP contribution >= 0.6 is 11.3 Å². The van der Waals surface area contributed by atoms with Gasteiger partial charge in [-0.3, -0.25) is 4.90 Å². The van der Waals surface area contributed by atoms with E-state index in [1.807, 2.05) is 11.3 Å². The van der Waals surface area contributed by atoms with Crippen LogP contribution in [0.25, 0.3) is 0 Å². The normalized spacial score (nSPS) is 22.5. The van der Waals surface area contributed by atoms with Gasteiger partial charge in [0.05, 0.1) is 6.04 Å². The molecule has 2 heterocycles. The Balaban J connectivity index is 2.16. The van der Waals surface area contributed by atoms with Gasteiger partial charge in [-0.25, -0.2) is 0 Å². The Morgan fingerprint density at radius 2 is 2.31 bits per heavy atom. The second-order valence-corrected chi connectivity index (χ2v) is 6.55. The molecule has 0 aromatic carbocycles. The van der Waals surface area contributed by atoms with Gasteiger partial charge in [0.25, 0.3) is 0 Å². The van der Waals surface area contributed by atoms with Gasteiger partial charge >= 0.3 is 0 Å². The van der Waals surface area contributed by atoms with Gasteiger partial charge in [0.1, 0.15) is 0 Å². The van der Waals surface area contributed by atoms with Crippen LogP contribution in [0.4, 0.5) is 0 Å². The molecule has 90 valence electrons. The van der Waals surface area contributed by atoms with Crippen molar-refractivity contribution in [2.75, 3.05) is 19.6 Å². The van der Waals surface area contributed by atoms with Gasteiger partial charge in [-0.15, -0.1) is 11.3 Å². The third-order valence-corrected chi connectivity index (χ3v) is 4.70. The highest BCUT2D eigenvalue weighted by molar-refractivity contribution is 7.10. The summed E-state index contributed by atoms with van der Waals surface area (Å²) in [6, 6.07) is 2.63. The Labute approximate surface area is 102 Å². The topological polar surface area (TPSA) is 29.3 Å². The molecular formula is C13H22N2S. The van der Waals surface area contributed by atoms with Crippen LogP contribution in [0.2, 0.25) is 0 Å². The zero-order valence-electron chi connectivity index (χ0n) is 10.5. The van der Waals surface area contributed by atoms with Crippen LogP contribution in [0.3, 0.4) is 0 Å². The van der Waals surface area contributed by atoms with Crippen molar-refractivity contribution in [3.8, 4) is 0 Å². The first kappa shape index (κ1) is 12.1. The molecule has 1 unspecified atom stereocenters. The second kappa shape index (κ2) is 4.47. The lowest BCUT2D eigenvalue weighted by Gasteiger charge is -2.28. The molecule has 1 aliphatic rings. The van der Waals surface area contributed by atoms with Gasteiger partial charge in [-0.2, -0.15) is 0 Å². The Morgan fingerprint density at radius 3 is 2.75 bits per heavy atom. The van der Waals surface area contributed by atoms with E-state index in [0.29, 0.717) is 11.5 Å². The van der Waals surface area contributed by atoms with Crippen LogP contribution in [0.15, 0.2) is 11.4 Å². The van der Waals surface area contributed by atoms with E-state index in [1.165, 1.54) is 30.0 Å². The Hall–Kier alpha value is -0.380. The van der Waals surface area contributed by atoms with E-state index in [4.69, 9.17) is 5.73 Å². The fourth-order valence-corrected chi connectivity index (χ4v) is 3.64. The SMILES string of the molecule is Cc1ccsc1C(CN)N1CCC(C)(C)C1. The fourth-order valence-electron chi connectivity index (χ4n) is 2.57. The number of hydrogen-bond donors (Lipinski definition) is 1. The zero-order chi connectivity index (χ0) is 11.8. The van der Waals surface area contributed by atoms with E-state index in [1.54, 1.807) is 0 Å². The predicted octanol–water partition coefficient (Wildman–Crippen LogP) is 2.79. The molecule has 2 nitrogen and oxygen atoms in total. The molecule has 0 saturated carbocycles. The first-order valence-electron chi connectivity index (χ1n) is 6.01. The van der Waals surface area contributed by atoms with Gasteiger partial charge in [0.15, 0.2) is 0 Å². The molecule has 2 N–H and O–H groups in total. The molecule has 1 aromatic rings. The summed E-state index contributed by atoms with van der Waals surface area (Å²) in [5.41, 5.74) is 7.82. The molecule has 0 radical (unpaired) electrons. The Bertz CT molecular complexity index is 357. The molecular weight excluding hydrogens is 216 g/mol. The third kappa shape index (κ3) is 2.31. The van der Waals surface area contributed by atoms with Crippen molar-refractivity contribution in [1.29, 1.82) is 0 Å². The van der Waals surface area contributed by atoms with Gasteiger partial charge in [-0.1, -0.05) is 13.8 Å². The molecule has 0 amide bonds. The lowest BCUT2D eigenvalue weighted by atomic mass is 9.93. The van der Waals surface area contributed by atoms with Crippen LogP contribution < -0.4 is 5.73 Å². The Kier molecular flexibility index (Phi) is 3.38. The molecule has 1 fully saturated rings. The van der Waals surface area contributed by atoms with Gasteiger partial charge in [0.2, 0.25) is 0 Å². The smallest absolute Gasteiger partial charge is 0.0567 e. The molecule has 3 heteroatoms. The average molecular weight is 238 g/mol. The molecule has 0 aliphatic carbocycles. The van der Waals surface area contributed by atoms with E-state index in [0.717, 1.165) is 6.54 Å². The van der Waals surface area contributed by atoms with Gasteiger partial charge < -0.3 is 5.73 Å². The molecule has 1 atom stereocenters. The molecule has 0 bridgehead atoms. The first-order chi connectivity index (χ1) is 7.53. The predicted molar refractivity (Wildman–Crippen MR) is 70.8 cm³/mol. The zero-order valence-corrected chi connectivity index (χ0v) is 11.3. The quantitative estimate of drug-likeness (QED) is 0.877. The maximum absolute atomic E-state index is 5.97. The van der Waals surface area contributed by atoms with Crippen molar-refractivity contribution in [3.63, 3.8) is 0 Å². The highest BCUT2D eigenvalue weighted by atomic mass is 32.1. The van der Waals surface area contributed by atoms with E-state index in [-0.39, 0.29) is 0 Å². The van der Waals surface area contributed by atoms with Crippen molar-refractivity contribution in [2.45, 2.75) is 33.2 Å². The lowest BCUT2D eigenvalue weighted by Crippen LogP contribution is -2.33. The molecule has 1 aromatic heterocycles. The van der Waals surface area contributed by atoms with Crippen molar-refractivity contribution in [1.82, 2.24) is 4.90 Å². The largest absolute Gasteiger partial charge is 0.329 e. The number of nitrogens with zero attached hydrogens (tertiary/aromatic N) is 1. The van der Waals surface area contributed by atoms with Gasteiger partial charge in [0, 0.05) is 18.0 Å². The summed E-state index contributed by atoms with van der Waals surface area (Å²) < 4.78 is 0. The minimum absolute atomic E-state index is 0.432. The minimum Gasteiger partial charge on any atom is -0.329 e. The highest BCUT2D eigenvalue weighted by Gasteiger charge is 2.34. The summed E-state index contributed by atoms with van der Waals surface area (Å²) in [6.45, 7) is 9.98. The molecule has 2 rings (SSSR count). The second-order valence-electron chi connectivity index (χ2n) is 5.60. The number of thiophene rings is 1. The van der Waals surface area contributed by atoms with Crippen LogP contribution in [0, 0.1) is 12.3 Å². The maximum Gasteiger partial charge on any atom is 0.0567 e. The summed E-state index contributed by atoms with van der Waals surface area (Å²) in [5, 5.41) is 2.18. The van der Waals surface area contributed by atoms with Crippen LogP contribution in [0.1, 0.15) is 36.8 Å². The number of hydrogen-bond acceptors (Lipinski definition) is 3. The summed E-state index contributed by atoms with van der Waals surface area (Å²) in [6.07, 6.45) is 1.29. The maximum atomic E-state index is 5.97.